The fraction of sp³-hybridized carbons (Fsp3) is 0.190. The number of thiazole rings is 1. The second-order valence-electron chi connectivity index (χ2n) is 6.43. The van der Waals surface area contributed by atoms with Crippen LogP contribution < -0.4 is 10.6 Å². The molecule has 7 heteroatoms. The van der Waals surface area contributed by atoms with Gasteiger partial charge in [-0.2, -0.15) is 0 Å². The number of hydrogen-bond donors (Lipinski definition) is 2. The Balaban J connectivity index is 1.52. The van der Waals surface area contributed by atoms with Crippen molar-refractivity contribution in [1.82, 2.24) is 10.3 Å². The zero-order valence-electron chi connectivity index (χ0n) is 15.6. The highest BCUT2D eigenvalue weighted by molar-refractivity contribution is 7.15. The van der Waals surface area contributed by atoms with Gasteiger partial charge < -0.3 is 10.6 Å². The van der Waals surface area contributed by atoms with E-state index in [0.717, 1.165) is 21.6 Å². The number of halogens is 1. The lowest BCUT2D eigenvalue weighted by atomic mass is 10.1. The highest BCUT2D eigenvalue weighted by Gasteiger charge is 2.11. The number of amides is 2. The van der Waals surface area contributed by atoms with Crippen molar-refractivity contribution in [3.05, 3.63) is 80.8 Å². The van der Waals surface area contributed by atoms with Crippen LogP contribution in [-0.4, -0.2) is 23.3 Å². The number of carbonyl (C=O) groups is 2. The van der Waals surface area contributed by atoms with Gasteiger partial charge in [0.2, 0.25) is 5.91 Å². The zero-order chi connectivity index (χ0) is 20.1. The molecule has 0 aliphatic heterocycles. The highest BCUT2D eigenvalue weighted by Crippen LogP contribution is 2.24. The summed E-state index contributed by atoms with van der Waals surface area (Å²) in [6.45, 7) is 3.81. The normalized spacial score (nSPS) is 10.5. The second kappa shape index (κ2) is 8.99. The SMILES string of the molecule is Cc1ccc(C(=O)NCC(=O)Nc2ncc(Cc3ccccc3Cl)s2)cc1C. The zero-order valence-corrected chi connectivity index (χ0v) is 17.2. The number of rotatable bonds is 6. The molecule has 0 bridgehead atoms. The molecule has 3 rings (SSSR count). The van der Waals surface area contributed by atoms with Crippen LogP contribution in [-0.2, 0) is 11.2 Å². The van der Waals surface area contributed by atoms with E-state index in [9.17, 15) is 9.59 Å². The summed E-state index contributed by atoms with van der Waals surface area (Å²) in [5, 5.41) is 6.54. The van der Waals surface area contributed by atoms with Crippen molar-refractivity contribution in [2.45, 2.75) is 20.3 Å². The average molecular weight is 414 g/mol. The van der Waals surface area contributed by atoms with Gasteiger partial charge in [0.1, 0.15) is 0 Å². The van der Waals surface area contributed by atoms with Gasteiger partial charge in [0.25, 0.3) is 5.91 Å². The Bertz CT molecular complexity index is 1020. The topological polar surface area (TPSA) is 71.1 Å². The predicted molar refractivity (Wildman–Crippen MR) is 113 cm³/mol. The standard InChI is InChI=1S/C21H20ClN3O2S/c1-13-7-8-16(9-14(13)2)20(27)23-12-19(26)25-21-24-11-17(28-21)10-15-5-3-4-6-18(15)22/h3-9,11H,10,12H2,1-2H3,(H,23,27)(H,24,25,26). The summed E-state index contributed by atoms with van der Waals surface area (Å²) in [5.74, 6) is -0.604. The highest BCUT2D eigenvalue weighted by atomic mass is 35.5. The van der Waals surface area contributed by atoms with Crippen molar-refractivity contribution in [3.63, 3.8) is 0 Å². The van der Waals surface area contributed by atoms with Crippen LogP contribution in [0.2, 0.25) is 5.02 Å². The molecule has 0 spiro atoms. The Morgan fingerprint density at radius 3 is 2.64 bits per heavy atom. The lowest BCUT2D eigenvalue weighted by molar-refractivity contribution is -0.115. The van der Waals surface area contributed by atoms with Crippen LogP contribution in [0.25, 0.3) is 0 Å². The van der Waals surface area contributed by atoms with Crippen molar-refractivity contribution in [2.24, 2.45) is 0 Å². The van der Waals surface area contributed by atoms with Gasteiger partial charge in [-0.1, -0.05) is 35.9 Å². The number of aryl methyl sites for hydroxylation is 2. The minimum Gasteiger partial charge on any atom is -0.343 e. The maximum atomic E-state index is 12.2. The molecule has 2 amide bonds. The third kappa shape index (κ3) is 5.18. The molecular weight excluding hydrogens is 394 g/mol. The first-order chi connectivity index (χ1) is 13.4. The Morgan fingerprint density at radius 1 is 1.11 bits per heavy atom. The first-order valence-corrected chi connectivity index (χ1v) is 9.95. The summed E-state index contributed by atoms with van der Waals surface area (Å²) in [6, 6.07) is 13.1. The van der Waals surface area contributed by atoms with Gasteiger partial charge in [-0.05, 0) is 48.7 Å². The van der Waals surface area contributed by atoms with E-state index in [1.165, 1.54) is 11.3 Å². The molecule has 5 nitrogen and oxygen atoms in total. The van der Waals surface area contributed by atoms with E-state index in [0.29, 0.717) is 22.1 Å². The van der Waals surface area contributed by atoms with E-state index in [1.54, 1.807) is 12.3 Å². The van der Waals surface area contributed by atoms with Crippen LogP contribution >= 0.6 is 22.9 Å². The summed E-state index contributed by atoms with van der Waals surface area (Å²) in [6.07, 6.45) is 2.37. The summed E-state index contributed by atoms with van der Waals surface area (Å²) in [5.41, 5.74) is 3.69. The molecule has 2 aromatic carbocycles. The number of anilines is 1. The quantitative estimate of drug-likeness (QED) is 0.630. The smallest absolute Gasteiger partial charge is 0.251 e. The summed E-state index contributed by atoms with van der Waals surface area (Å²) in [7, 11) is 0. The number of aromatic nitrogens is 1. The maximum Gasteiger partial charge on any atom is 0.251 e. The van der Waals surface area contributed by atoms with Gasteiger partial charge in [-0.15, -0.1) is 11.3 Å². The minimum absolute atomic E-state index is 0.120. The monoisotopic (exact) mass is 413 g/mol. The number of benzene rings is 2. The van der Waals surface area contributed by atoms with Crippen molar-refractivity contribution in [1.29, 1.82) is 0 Å². The van der Waals surface area contributed by atoms with Crippen LogP contribution in [0, 0.1) is 13.8 Å². The van der Waals surface area contributed by atoms with Gasteiger partial charge in [0.05, 0.1) is 6.54 Å². The van der Waals surface area contributed by atoms with Crippen molar-refractivity contribution >= 4 is 39.9 Å². The predicted octanol–water partition coefficient (Wildman–Crippen LogP) is 4.37. The molecule has 1 heterocycles. The molecule has 0 unspecified atom stereocenters. The number of nitrogens with zero attached hydrogens (tertiary/aromatic N) is 1. The van der Waals surface area contributed by atoms with Gasteiger partial charge in [-0.25, -0.2) is 4.98 Å². The van der Waals surface area contributed by atoms with E-state index in [4.69, 9.17) is 11.6 Å². The fourth-order valence-corrected chi connectivity index (χ4v) is 3.64. The number of nitrogens with one attached hydrogen (secondary N) is 2. The number of hydrogen-bond acceptors (Lipinski definition) is 4. The molecule has 3 aromatic rings. The molecule has 1 aromatic heterocycles. The molecule has 2 N–H and O–H groups in total. The van der Waals surface area contributed by atoms with E-state index in [-0.39, 0.29) is 18.4 Å². The van der Waals surface area contributed by atoms with Crippen LogP contribution in [0.15, 0.2) is 48.7 Å². The summed E-state index contributed by atoms with van der Waals surface area (Å²) in [4.78, 5) is 29.5. The van der Waals surface area contributed by atoms with Crippen LogP contribution in [0.4, 0.5) is 5.13 Å². The van der Waals surface area contributed by atoms with Crippen molar-refractivity contribution in [3.8, 4) is 0 Å². The third-order valence-electron chi connectivity index (χ3n) is 4.30. The Labute approximate surface area is 172 Å². The molecule has 0 radical (unpaired) electrons. The second-order valence-corrected chi connectivity index (χ2v) is 7.95. The Kier molecular flexibility index (Phi) is 6.44. The van der Waals surface area contributed by atoms with Crippen molar-refractivity contribution in [2.75, 3.05) is 11.9 Å². The lowest BCUT2D eigenvalue weighted by Crippen LogP contribution is -2.32. The van der Waals surface area contributed by atoms with Gasteiger partial charge >= 0.3 is 0 Å². The molecule has 0 fully saturated rings. The molecule has 0 saturated heterocycles. The average Bonchev–Trinajstić information content (AvgIpc) is 3.10. The summed E-state index contributed by atoms with van der Waals surface area (Å²) >= 11 is 7.56. The van der Waals surface area contributed by atoms with Crippen LogP contribution in [0.1, 0.15) is 31.9 Å². The fourth-order valence-electron chi connectivity index (χ4n) is 2.59. The largest absolute Gasteiger partial charge is 0.343 e. The first kappa shape index (κ1) is 20.0. The molecule has 0 saturated carbocycles. The van der Waals surface area contributed by atoms with E-state index >= 15 is 0 Å². The number of carbonyl (C=O) groups excluding carboxylic acids is 2. The van der Waals surface area contributed by atoms with Crippen molar-refractivity contribution < 1.29 is 9.59 Å². The van der Waals surface area contributed by atoms with Crippen LogP contribution in [0.3, 0.4) is 0 Å². The molecule has 0 atom stereocenters. The van der Waals surface area contributed by atoms with Gasteiger partial charge in [0, 0.05) is 28.1 Å². The van der Waals surface area contributed by atoms with E-state index in [1.807, 2.05) is 50.2 Å². The summed E-state index contributed by atoms with van der Waals surface area (Å²) < 4.78 is 0. The molecular formula is C21H20ClN3O2S. The van der Waals surface area contributed by atoms with Crippen LogP contribution in [0.5, 0.6) is 0 Å². The maximum absolute atomic E-state index is 12.2. The van der Waals surface area contributed by atoms with Gasteiger partial charge in [-0.3, -0.25) is 9.59 Å². The Morgan fingerprint density at radius 2 is 1.89 bits per heavy atom. The lowest BCUT2D eigenvalue weighted by Gasteiger charge is -2.07. The molecule has 0 aliphatic rings. The molecule has 28 heavy (non-hydrogen) atoms. The van der Waals surface area contributed by atoms with Gasteiger partial charge in [0.15, 0.2) is 5.13 Å². The first-order valence-electron chi connectivity index (χ1n) is 8.76. The molecule has 144 valence electrons. The minimum atomic E-state index is -0.323. The molecule has 0 aliphatic carbocycles. The van der Waals surface area contributed by atoms with E-state index < -0.39 is 0 Å². The van der Waals surface area contributed by atoms with E-state index in [2.05, 4.69) is 15.6 Å². The third-order valence-corrected chi connectivity index (χ3v) is 5.58. The Hall–Kier alpha value is -2.70.